The maximum absolute atomic E-state index is 12.6. The first kappa shape index (κ1) is 17.5. The number of nitrogens with one attached hydrogen (secondary N) is 2. The molecule has 0 aliphatic carbocycles. The summed E-state index contributed by atoms with van der Waals surface area (Å²) in [7, 11) is -2.15. The SMILES string of the molecule is COc1cc(C)c(C)cc1S(=O)(=O)NCCc1c(C)n[nH]c1C. The van der Waals surface area contributed by atoms with E-state index in [-0.39, 0.29) is 4.90 Å². The van der Waals surface area contributed by atoms with Crippen LogP contribution in [0.25, 0.3) is 0 Å². The number of sulfonamides is 1. The summed E-state index contributed by atoms with van der Waals surface area (Å²) in [5.74, 6) is 0.358. The first-order chi connectivity index (χ1) is 10.8. The Kier molecular flexibility index (Phi) is 5.11. The average molecular weight is 337 g/mol. The van der Waals surface area contributed by atoms with Crippen LogP contribution in [0.4, 0.5) is 0 Å². The molecule has 0 unspecified atom stereocenters. The minimum absolute atomic E-state index is 0.170. The molecule has 0 atom stereocenters. The molecular formula is C16H23N3O3S. The first-order valence-electron chi connectivity index (χ1n) is 7.41. The molecule has 6 nitrogen and oxygen atoms in total. The lowest BCUT2D eigenvalue weighted by Gasteiger charge is -2.13. The number of aryl methyl sites for hydroxylation is 4. The number of nitrogens with zero attached hydrogens (tertiary/aromatic N) is 1. The molecule has 0 radical (unpaired) electrons. The summed E-state index contributed by atoms with van der Waals surface area (Å²) in [6.07, 6.45) is 0.584. The number of ether oxygens (including phenoxy) is 1. The topological polar surface area (TPSA) is 84.1 Å². The van der Waals surface area contributed by atoms with Gasteiger partial charge in [0.2, 0.25) is 10.0 Å². The van der Waals surface area contributed by atoms with Crippen molar-refractivity contribution in [2.24, 2.45) is 0 Å². The summed E-state index contributed by atoms with van der Waals surface area (Å²) in [6, 6.07) is 3.39. The van der Waals surface area contributed by atoms with Gasteiger partial charge in [0.15, 0.2) is 0 Å². The predicted octanol–water partition coefficient (Wildman–Crippen LogP) is 2.17. The lowest BCUT2D eigenvalue weighted by Crippen LogP contribution is -2.26. The minimum atomic E-state index is -3.63. The Labute approximate surface area is 137 Å². The molecule has 23 heavy (non-hydrogen) atoms. The highest BCUT2D eigenvalue weighted by Gasteiger charge is 2.20. The van der Waals surface area contributed by atoms with Crippen molar-refractivity contribution in [3.05, 3.63) is 40.2 Å². The Bertz CT molecular complexity index is 791. The summed E-state index contributed by atoms with van der Waals surface area (Å²) < 4.78 is 33.0. The fraction of sp³-hybridized carbons (Fsp3) is 0.438. The zero-order valence-corrected chi connectivity index (χ0v) is 15.0. The van der Waals surface area contributed by atoms with Crippen molar-refractivity contribution in [3.8, 4) is 5.75 Å². The molecule has 2 aromatic rings. The van der Waals surface area contributed by atoms with Crippen LogP contribution < -0.4 is 9.46 Å². The molecule has 7 heteroatoms. The van der Waals surface area contributed by atoms with Gasteiger partial charge in [0.05, 0.1) is 12.8 Å². The third kappa shape index (κ3) is 3.73. The summed E-state index contributed by atoms with van der Waals surface area (Å²) in [6.45, 7) is 7.94. The van der Waals surface area contributed by atoms with Crippen LogP contribution in [0.5, 0.6) is 5.75 Å². The van der Waals surface area contributed by atoms with Crippen LogP contribution in [0.1, 0.15) is 28.1 Å². The van der Waals surface area contributed by atoms with E-state index >= 15 is 0 Å². The third-order valence-electron chi connectivity index (χ3n) is 4.02. The normalized spacial score (nSPS) is 11.7. The van der Waals surface area contributed by atoms with Crippen LogP contribution in [0.15, 0.2) is 17.0 Å². The molecule has 1 heterocycles. The van der Waals surface area contributed by atoms with E-state index in [9.17, 15) is 8.42 Å². The smallest absolute Gasteiger partial charge is 0.244 e. The number of methoxy groups -OCH3 is 1. The fourth-order valence-electron chi connectivity index (χ4n) is 2.46. The molecule has 1 aromatic heterocycles. The molecular weight excluding hydrogens is 314 g/mol. The van der Waals surface area contributed by atoms with E-state index < -0.39 is 10.0 Å². The fourth-order valence-corrected chi connectivity index (χ4v) is 3.73. The zero-order valence-electron chi connectivity index (χ0n) is 14.1. The van der Waals surface area contributed by atoms with E-state index in [4.69, 9.17) is 4.74 Å². The van der Waals surface area contributed by atoms with Crippen LogP contribution in [0.2, 0.25) is 0 Å². The molecule has 0 saturated heterocycles. The number of H-pyrrole nitrogens is 1. The molecule has 0 bridgehead atoms. The van der Waals surface area contributed by atoms with E-state index in [0.29, 0.717) is 18.7 Å². The lowest BCUT2D eigenvalue weighted by atomic mass is 10.1. The third-order valence-corrected chi connectivity index (χ3v) is 5.50. The second-order valence-electron chi connectivity index (χ2n) is 5.65. The second kappa shape index (κ2) is 6.72. The van der Waals surface area contributed by atoms with Gasteiger partial charge in [-0.1, -0.05) is 0 Å². The highest BCUT2D eigenvalue weighted by Crippen LogP contribution is 2.27. The second-order valence-corrected chi connectivity index (χ2v) is 7.38. The summed E-state index contributed by atoms with van der Waals surface area (Å²) >= 11 is 0. The summed E-state index contributed by atoms with van der Waals surface area (Å²) in [5, 5.41) is 7.02. The van der Waals surface area contributed by atoms with Crippen molar-refractivity contribution in [1.82, 2.24) is 14.9 Å². The van der Waals surface area contributed by atoms with Gasteiger partial charge in [0, 0.05) is 12.2 Å². The summed E-state index contributed by atoms with van der Waals surface area (Å²) in [4.78, 5) is 0.170. The molecule has 2 rings (SSSR count). The molecule has 0 fully saturated rings. The van der Waals surface area contributed by atoms with Crippen LogP contribution in [-0.2, 0) is 16.4 Å². The lowest BCUT2D eigenvalue weighted by molar-refractivity contribution is 0.402. The maximum atomic E-state index is 12.6. The van der Waals surface area contributed by atoms with Gasteiger partial charge >= 0.3 is 0 Å². The van der Waals surface area contributed by atoms with E-state index in [1.807, 2.05) is 27.7 Å². The largest absolute Gasteiger partial charge is 0.495 e. The molecule has 126 valence electrons. The Morgan fingerprint density at radius 2 is 1.83 bits per heavy atom. The Hall–Kier alpha value is -1.86. The van der Waals surface area contributed by atoms with Gasteiger partial charge in [0.25, 0.3) is 0 Å². The molecule has 1 aromatic carbocycles. The van der Waals surface area contributed by atoms with Crippen molar-refractivity contribution in [2.75, 3.05) is 13.7 Å². The monoisotopic (exact) mass is 337 g/mol. The highest BCUT2D eigenvalue weighted by atomic mass is 32.2. The van der Waals surface area contributed by atoms with Crippen LogP contribution in [0.3, 0.4) is 0 Å². The molecule has 0 spiro atoms. The maximum Gasteiger partial charge on any atom is 0.244 e. The average Bonchev–Trinajstić information content (AvgIpc) is 2.81. The number of aromatic amines is 1. The van der Waals surface area contributed by atoms with Gasteiger partial charge in [-0.25, -0.2) is 13.1 Å². The van der Waals surface area contributed by atoms with Crippen LogP contribution >= 0.6 is 0 Å². The number of benzene rings is 1. The molecule has 0 aliphatic rings. The van der Waals surface area contributed by atoms with Crippen LogP contribution in [0, 0.1) is 27.7 Å². The Morgan fingerprint density at radius 1 is 1.17 bits per heavy atom. The highest BCUT2D eigenvalue weighted by molar-refractivity contribution is 7.89. The van der Waals surface area contributed by atoms with Gasteiger partial charge in [0.1, 0.15) is 10.6 Å². The van der Waals surface area contributed by atoms with Gasteiger partial charge < -0.3 is 4.74 Å². The van der Waals surface area contributed by atoms with Crippen LogP contribution in [-0.4, -0.2) is 32.3 Å². The zero-order chi connectivity index (χ0) is 17.2. The first-order valence-corrected chi connectivity index (χ1v) is 8.90. The van der Waals surface area contributed by atoms with E-state index in [1.54, 1.807) is 12.1 Å². The van der Waals surface area contributed by atoms with E-state index in [2.05, 4.69) is 14.9 Å². The van der Waals surface area contributed by atoms with E-state index in [0.717, 1.165) is 28.1 Å². The minimum Gasteiger partial charge on any atom is -0.495 e. The summed E-state index contributed by atoms with van der Waals surface area (Å²) in [5.41, 5.74) is 4.80. The van der Waals surface area contributed by atoms with Crippen molar-refractivity contribution < 1.29 is 13.2 Å². The van der Waals surface area contributed by atoms with Crippen molar-refractivity contribution in [1.29, 1.82) is 0 Å². The number of rotatable bonds is 6. The quantitative estimate of drug-likeness (QED) is 0.846. The molecule has 0 aliphatic heterocycles. The van der Waals surface area contributed by atoms with Crippen molar-refractivity contribution in [3.63, 3.8) is 0 Å². The van der Waals surface area contributed by atoms with Gasteiger partial charge in [-0.2, -0.15) is 5.10 Å². The molecule has 2 N–H and O–H groups in total. The molecule has 0 amide bonds. The van der Waals surface area contributed by atoms with Crippen molar-refractivity contribution >= 4 is 10.0 Å². The standard InChI is InChI=1S/C16H23N3O3S/c1-10-8-15(22-5)16(9-11(10)2)23(20,21)17-7-6-14-12(3)18-19-13(14)4/h8-9,17H,6-7H2,1-5H3,(H,18,19). The Balaban J connectivity index is 2.18. The Morgan fingerprint density at radius 3 is 2.39 bits per heavy atom. The predicted molar refractivity (Wildman–Crippen MR) is 89.4 cm³/mol. The molecule has 0 saturated carbocycles. The number of hydrogen-bond donors (Lipinski definition) is 2. The van der Waals surface area contributed by atoms with Crippen molar-refractivity contribution in [2.45, 2.75) is 39.0 Å². The number of hydrogen-bond acceptors (Lipinski definition) is 4. The number of aromatic nitrogens is 2. The van der Waals surface area contributed by atoms with Gasteiger partial charge in [-0.3, -0.25) is 5.10 Å². The van der Waals surface area contributed by atoms with E-state index in [1.165, 1.54) is 7.11 Å². The van der Waals surface area contributed by atoms with Gasteiger partial charge in [-0.05, 0) is 62.9 Å². The van der Waals surface area contributed by atoms with Gasteiger partial charge in [-0.15, -0.1) is 0 Å².